The molecule has 24 heavy (non-hydrogen) atoms. The van der Waals surface area contributed by atoms with Crippen LogP contribution in [0.15, 0.2) is 47.0 Å². The van der Waals surface area contributed by atoms with Crippen molar-refractivity contribution in [1.82, 2.24) is 10.1 Å². The van der Waals surface area contributed by atoms with Crippen LogP contribution in [0.5, 0.6) is 0 Å². The molecule has 2 aromatic carbocycles. The fourth-order valence-electron chi connectivity index (χ4n) is 2.46. The quantitative estimate of drug-likeness (QED) is 0.785. The molecule has 0 aliphatic carbocycles. The van der Waals surface area contributed by atoms with Crippen LogP contribution in [-0.2, 0) is 10.0 Å². The number of benzene rings is 2. The summed E-state index contributed by atoms with van der Waals surface area (Å²) in [7, 11) is -3.29. The number of hydrogen-bond acceptors (Lipinski definition) is 5. The lowest BCUT2D eigenvalue weighted by molar-refractivity contribution is 0.432. The molecule has 1 heterocycles. The molecular weight excluding hydrogens is 326 g/mol. The van der Waals surface area contributed by atoms with Gasteiger partial charge in [-0.15, -0.1) is 0 Å². The van der Waals surface area contributed by atoms with Gasteiger partial charge in [-0.3, -0.25) is 4.72 Å². The zero-order valence-corrected chi connectivity index (χ0v) is 14.4. The van der Waals surface area contributed by atoms with Gasteiger partial charge in [0.25, 0.3) is 5.89 Å². The fraction of sp³-hybridized carbons (Fsp3) is 0.176. The van der Waals surface area contributed by atoms with Crippen molar-refractivity contribution in [3.63, 3.8) is 0 Å². The van der Waals surface area contributed by atoms with Crippen molar-refractivity contribution in [2.24, 2.45) is 0 Å². The Morgan fingerprint density at radius 2 is 1.58 bits per heavy atom. The van der Waals surface area contributed by atoms with Crippen molar-refractivity contribution in [3.8, 4) is 22.8 Å². The number of nitrogens with zero attached hydrogens (tertiary/aromatic N) is 2. The van der Waals surface area contributed by atoms with Gasteiger partial charge in [-0.05, 0) is 50.2 Å². The predicted molar refractivity (Wildman–Crippen MR) is 93.1 cm³/mol. The van der Waals surface area contributed by atoms with Crippen LogP contribution in [0.4, 0.5) is 5.69 Å². The largest absolute Gasteiger partial charge is 0.334 e. The molecule has 0 amide bonds. The molecule has 0 unspecified atom stereocenters. The summed E-state index contributed by atoms with van der Waals surface area (Å²) in [5.74, 6) is 0.908. The van der Waals surface area contributed by atoms with E-state index in [-0.39, 0.29) is 0 Å². The van der Waals surface area contributed by atoms with Crippen molar-refractivity contribution in [2.45, 2.75) is 13.8 Å². The van der Waals surface area contributed by atoms with Gasteiger partial charge in [-0.2, -0.15) is 4.98 Å². The molecule has 3 rings (SSSR count). The van der Waals surface area contributed by atoms with E-state index in [0.29, 0.717) is 17.4 Å². The molecule has 0 aliphatic rings. The van der Waals surface area contributed by atoms with E-state index < -0.39 is 10.0 Å². The second-order valence-corrected chi connectivity index (χ2v) is 7.50. The highest BCUT2D eigenvalue weighted by atomic mass is 32.2. The maximum Gasteiger partial charge on any atom is 0.258 e. The molecule has 0 aliphatic heterocycles. The number of hydrogen-bond donors (Lipinski definition) is 1. The summed E-state index contributed by atoms with van der Waals surface area (Å²) < 4.78 is 30.2. The van der Waals surface area contributed by atoms with Crippen molar-refractivity contribution in [1.29, 1.82) is 0 Å². The van der Waals surface area contributed by atoms with Crippen LogP contribution in [-0.4, -0.2) is 24.8 Å². The highest BCUT2D eigenvalue weighted by Gasteiger charge is 2.11. The number of anilines is 1. The van der Waals surface area contributed by atoms with E-state index in [2.05, 4.69) is 20.9 Å². The summed E-state index contributed by atoms with van der Waals surface area (Å²) in [5.41, 5.74) is 4.36. The normalized spacial score (nSPS) is 11.5. The molecule has 1 aromatic heterocycles. The number of aryl methyl sites for hydroxylation is 2. The van der Waals surface area contributed by atoms with Crippen molar-refractivity contribution in [3.05, 3.63) is 53.6 Å². The first-order valence-corrected chi connectivity index (χ1v) is 9.20. The lowest BCUT2D eigenvalue weighted by Gasteiger charge is -2.03. The molecule has 0 atom stereocenters. The summed E-state index contributed by atoms with van der Waals surface area (Å²) in [5, 5.41) is 4.00. The van der Waals surface area contributed by atoms with Gasteiger partial charge in [0.15, 0.2) is 0 Å². The predicted octanol–water partition coefficient (Wildman–Crippen LogP) is 3.39. The summed E-state index contributed by atoms with van der Waals surface area (Å²) >= 11 is 0. The zero-order chi connectivity index (χ0) is 17.3. The van der Waals surface area contributed by atoms with Crippen molar-refractivity contribution >= 4 is 15.7 Å². The van der Waals surface area contributed by atoms with Gasteiger partial charge in [0.05, 0.1) is 6.26 Å². The molecular formula is C17H17N3O3S. The minimum atomic E-state index is -3.29. The molecule has 124 valence electrons. The fourth-order valence-corrected chi connectivity index (χ4v) is 3.02. The number of sulfonamides is 1. The van der Waals surface area contributed by atoms with Crippen molar-refractivity contribution < 1.29 is 12.9 Å². The van der Waals surface area contributed by atoms with Gasteiger partial charge in [-0.1, -0.05) is 22.3 Å². The standard InChI is InChI=1S/C17H17N3O3S/c1-11-8-12(2)10-14(9-11)17-18-16(19-23-17)13-4-6-15(7-5-13)20-24(3,21)22/h4-10,20H,1-3H3. The van der Waals surface area contributed by atoms with E-state index in [0.717, 1.165) is 28.5 Å². The van der Waals surface area contributed by atoms with Gasteiger partial charge in [0, 0.05) is 16.8 Å². The van der Waals surface area contributed by atoms with Crippen LogP contribution in [0, 0.1) is 13.8 Å². The Hall–Kier alpha value is -2.67. The third-order valence-corrected chi connectivity index (χ3v) is 3.95. The highest BCUT2D eigenvalue weighted by Crippen LogP contribution is 2.25. The van der Waals surface area contributed by atoms with E-state index in [9.17, 15) is 8.42 Å². The summed E-state index contributed by atoms with van der Waals surface area (Å²) in [6, 6.07) is 12.8. The molecule has 0 spiro atoms. The Bertz CT molecular complexity index is 956. The average molecular weight is 343 g/mol. The van der Waals surface area contributed by atoms with Crippen LogP contribution in [0.2, 0.25) is 0 Å². The molecule has 0 fully saturated rings. The number of aromatic nitrogens is 2. The topological polar surface area (TPSA) is 85.1 Å². The van der Waals surface area contributed by atoms with Gasteiger partial charge < -0.3 is 4.52 Å². The molecule has 0 saturated heterocycles. The molecule has 7 heteroatoms. The molecule has 6 nitrogen and oxygen atoms in total. The summed E-state index contributed by atoms with van der Waals surface area (Å²) in [4.78, 5) is 4.42. The minimum absolute atomic E-state index is 0.454. The third-order valence-electron chi connectivity index (χ3n) is 3.34. The summed E-state index contributed by atoms with van der Waals surface area (Å²) in [6.07, 6.45) is 1.11. The Morgan fingerprint density at radius 3 is 2.17 bits per heavy atom. The van der Waals surface area contributed by atoms with Gasteiger partial charge in [-0.25, -0.2) is 8.42 Å². The molecule has 0 bridgehead atoms. The van der Waals surface area contributed by atoms with E-state index >= 15 is 0 Å². The second-order valence-electron chi connectivity index (χ2n) is 5.75. The van der Waals surface area contributed by atoms with E-state index in [1.165, 1.54) is 0 Å². The molecule has 3 aromatic rings. The van der Waals surface area contributed by atoms with Gasteiger partial charge in [0.2, 0.25) is 15.8 Å². The maximum absolute atomic E-state index is 11.2. The van der Waals surface area contributed by atoms with Crippen LogP contribution >= 0.6 is 0 Å². The first kappa shape index (κ1) is 16.2. The van der Waals surface area contributed by atoms with Gasteiger partial charge in [0.1, 0.15) is 0 Å². The van der Waals surface area contributed by atoms with Gasteiger partial charge >= 0.3 is 0 Å². The Kier molecular flexibility index (Phi) is 4.11. The smallest absolute Gasteiger partial charge is 0.258 e. The van der Waals surface area contributed by atoms with Crippen LogP contribution in [0.3, 0.4) is 0 Å². The molecule has 1 N–H and O–H groups in total. The number of nitrogens with one attached hydrogen (secondary N) is 1. The average Bonchev–Trinajstić information content (AvgIpc) is 2.95. The van der Waals surface area contributed by atoms with Crippen LogP contribution in [0.25, 0.3) is 22.8 Å². The first-order valence-electron chi connectivity index (χ1n) is 7.31. The second kappa shape index (κ2) is 6.09. The minimum Gasteiger partial charge on any atom is -0.334 e. The summed E-state index contributed by atoms with van der Waals surface area (Å²) in [6.45, 7) is 4.03. The number of rotatable bonds is 4. The van der Waals surface area contributed by atoms with E-state index in [4.69, 9.17) is 4.52 Å². The zero-order valence-electron chi connectivity index (χ0n) is 13.6. The Labute approximate surface area is 140 Å². The SMILES string of the molecule is Cc1cc(C)cc(-c2nc(-c3ccc(NS(C)(=O)=O)cc3)no2)c1. The Morgan fingerprint density at radius 1 is 0.958 bits per heavy atom. The van der Waals surface area contributed by atoms with E-state index in [1.54, 1.807) is 24.3 Å². The highest BCUT2D eigenvalue weighted by molar-refractivity contribution is 7.92. The van der Waals surface area contributed by atoms with Crippen LogP contribution in [0.1, 0.15) is 11.1 Å². The third kappa shape index (κ3) is 3.80. The van der Waals surface area contributed by atoms with Crippen molar-refractivity contribution in [2.75, 3.05) is 11.0 Å². The molecule has 0 radical (unpaired) electrons. The first-order chi connectivity index (χ1) is 11.3. The van der Waals surface area contributed by atoms with Crippen LogP contribution < -0.4 is 4.72 Å². The monoisotopic (exact) mass is 343 g/mol. The lowest BCUT2D eigenvalue weighted by Crippen LogP contribution is -2.09. The Balaban J connectivity index is 1.88. The lowest BCUT2D eigenvalue weighted by atomic mass is 10.1. The maximum atomic E-state index is 11.2. The van der Waals surface area contributed by atoms with E-state index in [1.807, 2.05) is 26.0 Å². The molecule has 0 saturated carbocycles.